The third-order valence-electron chi connectivity index (χ3n) is 1.20. The van der Waals surface area contributed by atoms with Crippen LogP contribution in [-0.2, 0) is 4.79 Å². The summed E-state index contributed by atoms with van der Waals surface area (Å²) in [5.74, 6) is -1.82. The van der Waals surface area contributed by atoms with Gasteiger partial charge >= 0.3 is 0 Å². The Hall–Kier alpha value is -1.58. The maximum absolute atomic E-state index is 10.9. The number of H-pyrrole nitrogens is 1. The van der Waals surface area contributed by atoms with Crippen LogP contribution in [0.3, 0.4) is 0 Å². The van der Waals surface area contributed by atoms with Crippen LogP contribution in [0.15, 0.2) is 18.3 Å². The van der Waals surface area contributed by atoms with E-state index in [9.17, 15) is 14.7 Å². The quantitative estimate of drug-likeness (QED) is 0.461. The van der Waals surface area contributed by atoms with Gasteiger partial charge in [-0.25, -0.2) is 0 Å². The van der Waals surface area contributed by atoms with Crippen LogP contribution in [0.2, 0.25) is 0 Å². The molecule has 0 aromatic carbocycles. The van der Waals surface area contributed by atoms with Gasteiger partial charge in [0.1, 0.15) is 0 Å². The molecule has 0 unspecified atom stereocenters. The van der Waals surface area contributed by atoms with Crippen LogP contribution in [-0.4, -0.2) is 16.7 Å². The summed E-state index contributed by atoms with van der Waals surface area (Å²) in [4.78, 5) is 23.4. The molecule has 0 saturated heterocycles. The van der Waals surface area contributed by atoms with Crippen molar-refractivity contribution >= 4 is 11.8 Å². The third kappa shape index (κ3) is 1.93. The largest absolute Gasteiger partial charge is 0.550 e. The monoisotopic (exact) mass is 152 g/mol. The zero-order valence-electron chi connectivity index (χ0n) is 5.66. The van der Waals surface area contributed by atoms with Gasteiger partial charge in [-0.05, 0) is 12.1 Å². The van der Waals surface area contributed by atoms with Crippen molar-refractivity contribution in [2.45, 2.75) is 6.42 Å². The topological polar surface area (TPSA) is 73.0 Å². The van der Waals surface area contributed by atoms with Crippen LogP contribution < -0.4 is 5.11 Å². The number of rotatable bonds is 3. The molecule has 0 bridgehead atoms. The van der Waals surface area contributed by atoms with Crippen LogP contribution in [0.25, 0.3) is 0 Å². The Kier molecular flexibility index (Phi) is 2.06. The summed E-state index contributed by atoms with van der Waals surface area (Å²) < 4.78 is 0. The SMILES string of the molecule is O=C([O-])CC(=O)c1ccc[nH]1. The zero-order chi connectivity index (χ0) is 8.27. The van der Waals surface area contributed by atoms with Gasteiger partial charge < -0.3 is 14.9 Å². The number of aromatic amines is 1. The normalized spacial score (nSPS) is 9.45. The molecule has 0 fully saturated rings. The van der Waals surface area contributed by atoms with E-state index >= 15 is 0 Å². The summed E-state index contributed by atoms with van der Waals surface area (Å²) in [6, 6.07) is 3.15. The highest BCUT2D eigenvalue weighted by molar-refractivity contribution is 6.03. The molecule has 1 aromatic rings. The Labute approximate surface area is 62.9 Å². The van der Waals surface area contributed by atoms with Crippen LogP contribution in [0.5, 0.6) is 0 Å². The van der Waals surface area contributed by atoms with Gasteiger partial charge in [-0.15, -0.1) is 0 Å². The van der Waals surface area contributed by atoms with Gasteiger partial charge in [0.05, 0.1) is 12.1 Å². The minimum atomic E-state index is -1.36. The molecule has 0 amide bonds. The maximum Gasteiger partial charge on any atom is 0.184 e. The molecule has 0 aliphatic rings. The number of carboxylic acids is 1. The number of hydrogen-bond donors (Lipinski definition) is 1. The predicted molar refractivity (Wildman–Crippen MR) is 34.7 cm³/mol. The molecule has 0 spiro atoms. The lowest BCUT2D eigenvalue weighted by Gasteiger charge is -1.97. The van der Waals surface area contributed by atoms with Gasteiger partial charge in [0, 0.05) is 12.2 Å². The first-order chi connectivity index (χ1) is 5.20. The first-order valence-electron chi connectivity index (χ1n) is 3.06. The number of ketones is 1. The van der Waals surface area contributed by atoms with Crippen molar-refractivity contribution in [2.24, 2.45) is 0 Å². The number of nitrogens with one attached hydrogen (secondary N) is 1. The van der Waals surface area contributed by atoms with E-state index in [2.05, 4.69) is 4.98 Å². The number of carboxylic acid groups (broad SMARTS) is 1. The summed E-state index contributed by atoms with van der Waals surface area (Å²) >= 11 is 0. The molecular weight excluding hydrogens is 146 g/mol. The zero-order valence-corrected chi connectivity index (χ0v) is 5.66. The Morgan fingerprint density at radius 1 is 1.55 bits per heavy atom. The van der Waals surface area contributed by atoms with Crippen LogP contribution in [0.4, 0.5) is 0 Å². The standard InChI is InChI=1S/C7H7NO3/c9-6(4-7(10)11)5-2-1-3-8-5/h1-3,8H,4H2,(H,10,11)/p-1. The van der Waals surface area contributed by atoms with Crippen molar-refractivity contribution in [1.29, 1.82) is 0 Å². The number of aromatic nitrogens is 1. The fraction of sp³-hybridized carbons (Fsp3) is 0.143. The van der Waals surface area contributed by atoms with E-state index < -0.39 is 18.2 Å². The summed E-state index contributed by atoms with van der Waals surface area (Å²) in [6.07, 6.45) is 0.989. The molecule has 1 rings (SSSR count). The number of aliphatic carboxylic acids is 1. The van der Waals surface area contributed by atoms with E-state index in [0.29, 0.717) is 5.69 Å². The maximum atomic E-state index is 10.9. The predicted octanol–water partition coefficient (Wildman–Crippen LogP) is -0.663. The van der Waals surface area contributed by atoms with Crippen molar-refractivity contribution in [3.05, 3.63) is 24.0 Å². The summed E-state index contributed by atoms with van der Waals surface area (Å²) in [5.41, 5.74) is 0.300. The molecule has 0 radical (unpaired) electrons. The van der Waals surface area contributed by atoms with Crippen LogP contribution in [0, 0.1) is 0 Å². The van der Waals surface area contributed by atoms with E-state index in [1.54, 1.807) is 12.3 Å². The molecule has 0 aliphatic carbocycles. The Bertz CT molecular complexity index is 263. The van der Waals surface area contributed by atoms with Crippen molar-refractivity contribution in [3.8, 4) is 0 Å². The van der Waals surface area contributed by atoms with Crippen molar-refractivity contribution in [3.63, 3.8) is 0 Å². The summed E-state index contributed by atoms with van der Waals surface area (Å²) in [5, 5.41) is 9.96. The van der Waals surface area contributed by atoms with Gasteiger partial charge in [-0.1, -0.05) is 0 Å². The smallest absolute Gasteiger partial charge is 0.184 e. The van der Waals surface area contributed by atoms with E-state index in [1.807, 2.05) is 0 Å². The van der Waals surface area contributed by atoms with E-state index in [4.69, 9.17) is 0 Å². The van der Waals surface area contributed by atoms with Crippen molar-refractivity contribution in [2.75, 3.05) is 0 Å². The lowest BCUT2D eigenvalue weighted by atomic mass is 10.2. The molecule has 4 nitrogen and oxygen atoms in total. The Balaban J connectivity index is 2.64. The van der Waals surface area contributed by atoms with Gasteiger partial charge in [-0.2, -0.15) is 0 Å². The molecule has 0 saturated carbocycles. The van der Waals surface area contributed by atoms with Gasteiger partial charge in [-0.3, -0.25) is 4.79 Å². The van der Waals surface area contributed by atoms with Gasteiger partial charge in [0.2, 0.25) is 0 Å². The van der Waals surface area contributed by atoms with E-state index in [0.717, 1.165) is 0 Å². The van der Waals surface area contributed by atoms with Crippen LogP contribution in [0.1, 0.15) is 16.9 Å². The fourth-order valence-electron chi connectivity index (χ4n) is 0.730. The second-order valence-electron chi connectivity index (χ2n) is 2.06. The molecule has 0 aliphatic heterocycles. The highest BCUT2D eigenvalue weighted by Crippen LogP contribution is 1.98. The second-order valence-corrected chi connectivity index (χ2v) is 2.06. The Morgan fingerprint density at radius 3 is 2.73 bits per heavy atom. The molecule has 0 atom stereocenters. The first-order valence-corrected chi connectivity index (χ1v) is 3.06. The highest BCUT2D eigenvalue weighted by atomic mass is 16.4. The van der Waals surface area contributed by atoms with E-state index in [1.165, 1.54) is 6.07 Å². The Morgan fingerprint density at radius 2 is 2.27 bits per heavy atom. The van der Waals surface area contributed by atoms with Crippen molar-refractivity contribution < 1.29 is 14.7 Å². The molecule has 1 heterocycles. The van der Waals surface area contributed by atoms with Crippen molar-refractivity contribution in [1.82, 2.24) is 4.98 Å². The highest BCUT2D eigenvalue weighted by Gasteiger charge is 2.04. The first kappa shape index (κ1) is 7.53. The molecular formula is C7H6NO3-. The number of Topliss-reactive ketones (excluding diaryl/α,β-unsaturated/α-hetero) is 1. The molecule has 11 heavy (non-hydrogen) atoms. The second kappa shape index (κ2) is 3.01. The third-order valence-corrected chi connectivity index (χ3v) is 1.20. The fourth-order valence-corrected chi connectivity index (χ4v) is 0.730. The molecule has 58 valence electrons. The lowest BCUT2D eigenvalue weighted by Crippen LogP contribution is -2.25. The van der Waals surface area contributed by atoms with Crippen LogP contribution >= 0.6 is 0 Å². The molecule has 4 heteroatoms. The number of carbonyl (C=O) groups excluding carboxylic acids is 2. The lowest BCUT2D eigenvalue weighted by molar-refractivity contribution is -0.304. The number of hydrogen-bond acceptors (Lipinski definition) is 3. The van der Waals surface area contributed by atoms with Gasteiger partial charge in [0.25, 0.3) is 0 Å². The average molecular weight is 152 g/mol. The number of carbonyl (C=O) groups is 2. The summed E-state index contributed by atoms with van der Waals surface area (Å²) in [6.45, 7) is 0. The van der Waals surface area contributed by atoms with E-state index in [-0.39, 0.29) is 0 Å². The summed E-state index contributed by atoms with van der Waals surface area (Å²) in [7, 11) is 0. The average Bonchev–Trinajstić information content (AvgIpc) is 2.35. The molecule has 1 aromatic heterocycles. The molecule has 1 N–H and O–H groups in total. The minimum Gasteiger partial charge on any atom is -0.550 e. The minimum absolute atomic E-state index is 0.300. The van der Waals surface area contributed by atoms with Gasteiger partial charge in [0.15, 0.2) is 5.78 Å².